The predicted octanol–water partition coefficient (Wildman–Crippen LogP) is 3.54. The highest BCUT2D eigenvalue weighted by atomic mass is 19.1. The second kappa shape index (κ2) is 7.86. The number of nitrogens with one attached hydrogen (secondary N) is 1. The molecule has 0 bridgehead atoms. The van der Waals surface area contributed by atoms with Gasteiger partial charge in [0, 0.05) is 17.5 Å². The molecule has 162 valence electrons. The van der Waals surface area contributed by atoms with E-state index in [4.69, 9.17) is 18.9 Å². The van der Waals surface area contributed by atoms with Crippen LogP contribution in [-0.2, 0) is 9.47 Å². The minimum Gasteiger partial charge on any atom is -0.493 e. The number of aromatic nitrogens is 2. The van der Waals surface area contributed by atoms with Crippen LogP contribution in [0.3, 0.4) is 0 Å². The zero-order valence-electron chi connectivity index (χ0n) is 16.3. The summed E-state index contributed by atoms with van der Waals surface area (Å²) in [6, 6.07) is 6.50. The van der Waals surface area contributed by atoms with Crippen molar-refractivity contribution in [1.82, 2.24) is 9.97 Å². The van der Waals surface area contributed by atoms with Crippen molar-refractivity contribution in [2.24, 2.45) is 0 Å². The Bertz CT molecular complexity index is 1130. The number of benzene rings is 2. The van der Waals surface area contributed by atoms with E-state index in [0.717, 1.165) is 12.1 Å². The van der Waals surface area contributed by atoms with Crippen LogP contribution in [0, 0.1) is 11.6 Å². The molecule has 0 amide bonds. The average Bonchev–Trinajstić information content (AvgIpc) is 3.33. The number of anilines is 2. The topological polar surface area (TPSA) is 74.7 Å². The molecule has 3 aromatic rings. The highest BCUT2D eigenvalue weighted by Crippen LogP contribution is 2.38. The van der Waals surface area contributed by atoms with Gasteiger partial charge < -0.3 is 24.3 Å². The molecule has 2 saturated heterocycles. The standard InChI is InChI=1S/C21H18F3N3O4/c1-28-16-5-11-15(6-17(16)31-18-8-30-19-13(24)7-29-20(18)19)25-9-26-21(11)27-14-3-2-10(22)4-12(14)23/h2-6,9,13,18-20H,7-8H2,1H3,(H,25,26,27)/t13?,18?,19-,20-/m0/s1. The molecule has 2 aliphatic heterocycles. The maximum absolute atomic E-state index is 14.1. The molecule has 2 unspecified atom stereocenters. The molecule has 0 saturated carbocycles. The molecule has 3 heterocycles. The number of nitrogens with zero attached hydrogens (tertiary/aromatic N) is 2. The van der Waals surface area contributed by atoms with Gasteiger partial charge in [0.25, 0.3) is 0 Å². The summed E-state index contributed by atoms with van der Waals surface area (Å²) in [6.45, 7) is 0.170. The van der Waals surface area contributed by atoms with Gasteiger partial charge in [-0.3, -0.25) is 0 Å². The van der Waals surface area contributed by atoms with E-state index < -0.39 is 36.1 Å². The summed E-state index contributed by atoms with van der Waals surface area (Å²) in [5, 5.41) is 3.39. The van der Waals surface area contributed by atoms with Crippen LogP contribution in [0.1, 0.15) is 0 Å². The molecule has 4 atom stereocenters. The molecule has 2 aromatic carbocycles. The summed E-state index contributed by atoms with van der Waals surface area (Å²) in [4.78, 5) is 8.41. The van der Waals surface area contributed by atoms with Gasteiger partial charge in [-0.05, 0) is 18.2 Å². The number of hydrogen-bond acceptors (Lipinski definition) is 7. The van der Waals surface area contributed by atoms with E-state index in [9.17, 15) is 13.2 Å². The van der Waals surface area contributed by atoms with Gasteiger partial charge in [0.15, 0.2) is 23.8 Å². The minimum absolute atomic E-state index is 0.0216. The number of fused-ring (bicyclic) bond motifs is 2. The van der Waals surface area contributed by atoms with Crippen LogP contribution in [-0.4, -0.2) is 54.8 Å². The normalized spacial score (nSPS) is 24.9. The molecule has 0 aliphatic carbocycles. The fourth-order valence-corrected chi connectivity index (χ4v) is 3.82. The highest BCUT2D eigenvalue weighted by Gasteiger charge is 2.49. The van der Waals surface area contributed by atoms with Crippen molar-refractivity contribution in [2.45, 2.75) is 24.5 Å². The summed E-state index contributed by atoms with van der Waals surface area (Å²) < 4.78 is 63.5. The van der Waals surface area contributed by atoms with Crippen LogP contribution in [0.25, 0.3) is 10.9 Å². The largest absolute Gasteiger partial charge is 0.493 e. The van der Waals surface area contributed by atoms with E-state index in [1.54, 1.807) is 12.1 Å². The van der Waals surface area contributed by atoms with E-state index in [1.165, 1.54) is 19.5 Å². The lowest BCUT2D eigenvalue weighted by molar-refractivity contribution is 0.0271. The third kappa shape index (κ3) is 3.61. The lowest BCUT2D eigenvalue weighted by atomic mass is 10.1. The molecule has 1 N–H and O–H groups in total. The van der Waals surface area contributed by atoms with E-state index in [-0.39, 0.29) is 18.9 Å². The van der Waals surface area contributed by atoms with Gasteiger partial charge in [0.05, 0.1) is 31.5 Å². The number of halogens is 3. The Hall–Kier alpha value is -3.11. The van der Waals surface area contributed by atoms with Crippen molar-refractivity contribution in [3.8, 4) is 11.5 Å². The zero-order valence-corrected chi connectivity index (χ0v) is 16.3. The van der Waals surface area contributed by atoms with E-state index in [1.807, 2.05) is 0 Å². The predicted molar refractivity (Wildman–Crippen MR) is 105 cm³/mol. The first kappa shape index (κ1) is 19.8. The second-order valence-corrected chi connectivity index (χ2v) is 7.26. The van der Waals surface area contributed by atoms with Gasteiger partial charge in [-0.15, -0.1) is 0 Å². The van der Waals surface area contributed by atoms with Crippen LogP contribution in [0.4, 0.5) is 24.7 Å². The molecule has 31 heavy (non-hydrogen) atoms. The highest BCUT2D eigenvalue weighted by molar-refractivity contribution is 5.93. The van der Waals surface area contributed by atoms with Gasteiger partial charge >= 0.3 is 0 Å². The summed E-state index contributed by atoms with van der Waals surface area (Å²) in [6.07, 6.45) is -1.50. The molecular formula is C21H18F3N3O4. The smallest absolute Gasteiger partial charge is 0.164 e. The van der Waals surface area contributed by atoms with Gasteiger partial charge in [0.1, 0.15) is 36.0 Å². The number of methoxy groups -OCH3 is 1. The van der Waals surface area contributed by atoms with Crippen LogP contribution < -0.4 is 14.8 Å². The van der Waals surface area contributed by atoms with Gasteiger partial charge in [-0.25, -0.2) is 23.1 Å². The monoisotopic (exact) mass is 433 g/mol. The van der Waals surface area contributed by atoms with Crippen molar-refractivity contribution in [3.63, 3.8) is 0 Å². The SMILES string of the molecule is COc1cc2c(Nc3ccc(F)cc3F)ncnc2cc1OC1CO[C@H]2C(F)CO[C@@H]12. The summed E-state index contributed by atoms with van der Waals surface area (Å²) in [5.41, 5.74) is 0.566. The molecule has 1 aromatic heterocycles. The molecule has 2 aliphatic rings. The first-order valence-electron chi connectivity index (χ1n) is 9.62. The van der Waals surface area contributed by atoms with Crippen LogP contribution in [0.5, 0.6) is 11.5 Å². The lowest BCUT2D eigenvalue weighted by Crippen LogP contribution is -2.33. The molecule has 7 nitrogen and oxygen atoms in total. The van der Waals surface area contributed by atoms with Crippen molar-refractivity contribution >= 4 is 22.4 Å². The Morgan fingerprint density at radius 2 is 1.87 bits per heavy atom. The Labute approximate surface area is 175 Å². The maximum atomic E-state index is 14.1. The van der Waals surface area contributed by atoms with Gasteiger partial charge in [-0.2, -0.15) is 0 Å². The Kier molecular flexibility index (Phi) is 5.03. The number of hydrogen-bond donors (Lipinski definition) is 1. The second-order valence-electron chi connectivity index (χ2n) is 7.26. The number of alkyl halides is 1. The van der Waals surface area contributed by atoms with E-state index >= 15 is 0 Å². The molecular weight excluding hydrogens is 415 g/mol. The maximum Gasteiger partial charge on any atom is 0.164 e. The first-order chi connectivity index (χ1) is 15.0. The molecule has 0 radical (unpaired) electrons. The van der Waals surface area contributed by atoms with Crippen LogP contribution in [0.2, 0.25) is 0 Å². The minimum atomic E-state index is -1.18. The molecule has 10 heteroatoms. The quantitative estimate of drug-likeness (QED) is 0.660. The Morgan fingerprint density at radius 3 is 2.68 bits per heavy atom. The zero-order chi connectivity index (χ0) is 21.5. The third-order valence-corrected chi connectivity index (χ3v) is 5.33. The van der Waals surface area contributed by atoms with E-state index in [0.29, 0.717) is 28.2 Å². The number of rotatable bonds is 5. The third-order valence-electron chi connectivity index (χ3n) is 5.33. The molecule has 0 spiro atoms. The summed E-state index contributed by atoms with van der Waals surface area (Å²) in [5.74, 6) is -0.361. The van der Waals surface area contributed by atoms with Crippen molar-refractivity contribution in [3.05, 3.63) is 48.3 Å². The molecule has 2 fully saturated rings. The van der Waals surface area contributed by atoms with Crippen LogP contribution in [0.15, 0.2) is 36.7 Å². The lowest BCUT2D eigenvalue weighted by Gasteiger charge is -2.20. The van der Waals surface area contributed by atoms with E-state index in [2.05, 4.69) is 15.3 Å². The van der Waals surface area contributed by atoms with Crippen LogP contribution >= 0.6 is 0 Å². The average molecular weight is 433 g/mol. The Balaban J connectivity index is 1.46. The van der Waals surface area contributed by atoms with Gasteiger partial charge in [0.2, 0.25) is 0 Å². The Morgan fingerprint density at radius 1 is 1.03 bits per heavy atom. The van der Waals surface area contributed by atoms with Crippen molar-refractivity contribution in [1.29, 1.82) is 0 Å². The fraction of sp³-hybridized carbons (Fsp3) is 0.333. The summed E-state index contributed by atoms with van der Waals surface area (Å²) >= 11 is 0. The number of ether oxygens (including phenoxy) is 4. The van der Waals surface area contributed by atoms with Crippen molar-refractivity contribution in [2.75, 3.05) is 25.6 Å². The molecule has 5 rings (SSSR count). The van der Waals surface area contributed by atoms with Crippen molar-refractivity contribution < 1.29 is 32.1 Å². The summed E-state index contributed by atoms with van der Waals surface area (Å²) in [7, 11) is 1.47. The van der Waals surface area contributed by atoms with Gasteiger partial charge in [-0.1, -0.05) is 0 Å². The fourth-order valence-electron chi connectivity index (χ4n) is 3.82. The first-order valence-corrected chi connectivity index (χ1v) is 9.62.